The normalized spacial score (nSPS) is 17.9. The van der Waals surface area contributed by atoms with Crippen molar-refractivity contribution >= 4 is 73.0 Å². The van der Waals surface area contributed by atoms with Crippen LogP contribution in [0.3, 0.4) is 0 Å². The van der Waals surface area contributed by atoms with Gasteiger partial charge in [-0.15, -0.1) is 0 Å². The first-order valence-electron chi connectivity index (χ1n) is 29.6. The Bertz CT molecular complexity index is 3670. The van der Waals surface area contributed by atoms with Gasteiger partial charge in [0, 0.05) is 24.5 Å². The Morgan fingerprint density at radius 2 is 0.859 bits per heavy atom. The van der Waals surface area contributed by atoms with E-state index in [1.807, 2.05) is 118 Å². The second-order valence-corrected chi connectivity index (χ2v) is 38.5. The van der Waals surface area contributed by atoms with Crippen LogP contribution in [0, 0.1) is 12.8 Å². The molecular weight excluding hydrogens is 1110 g/mol. The molecule has 1 fully saturated rings. The second kappa shape index (κ2) is 24.1. The van der Waals surface area contributed by atoms with Crippen LogP contribution < -0.4 is 50.1 Å². The van der Waals surface area contributed by atoms with Crippen LogP contribution in [0.1, 0.15) is 88.6 Å². The monoisotopic (exact) mass is 1180 g/mol. The van der Waals surface area contributed by atoms with E-state index in [1.165, 1.54) is 6.92 Å². The number of fused-ring (bicyclic) bond motifs is 1. The molecule has 9 aromatic rings. The van der Waals surface area contributed by atoms with Gasteiger partial charge in [0.1, 0.15) is 29.3 Å². The molecule has 0 bridgehead atoms. The largest absolute Gasteiger partial charge is 0.534 e. The molecule has 438 valence electrons. The smallest absolute Gasteiger partial charge is 0.319 e. The summed E-state index contributed by atoms with van der Waals surface area (Å²) in [6.07, 6.45) is -3.70. The van der Waals surface area contributed by atoms with E-state index in [9.17, 15) is 4.79 Å². The third-order valence-electron chi connectivity index (χ3n) is 17.1. The highest BCUT2D eigenvalue weighted by molar-refractivity contribution is 7.01. The molecule has 0 spiro atoms. The maximum Gasteiger partial charge on any atom is 0.319 e. The van der Waals surface area contributed by atoms with Crippen LogP contribution >= 0.6 is 0 Å². The fourth-order valence-corrected chi connectivity index (χ4v) is 26.4. The van der Waals surface area contributed by atoms with Crippen molar-refractivity contribution in [2.24, 2.45) is 5.92 Å². The summed E-state index contributed by atoms with van der Waals surface area (Å²) in [6.45, 7) is 27.3. The summed E-state index contributed by atoms with van der Waals surface area (Å²) in [5.74, 6) is 0.484. The molecule has 10 rings (SSSR count). The van der Waals surface area contributed by atoms with E-state index in [2.05, 4.69) is 184 Å². The minimum atomic E-state index is -3.44. The molecule has 9 nitrogen and oxygen atoms in total. The third kappa shape index (κ3) is 11.4. The topological polar surface area (TPSA) is 103 Å². The molecule has 0 N–H and O–H groups in total. The predicted molar refractivity (Wildman–Crippen MR) is 351 cm³/mol. The van der Waals surface area contributed by atoms with Crippen molar-refractivity contribution in [1.82, 2.24) is 0 Å². The molecule has 1 aromatic heterocycles. The van der Waals surface area contributed by atoms with Crippen LogP contribution in [0.25, 0.3) is 22.3 Å². The van der Waals surface area contributed by atoms with Gasteiger partial charge in [-0.1, -0.05) is 251 Å². The first-order chi connectivity index (χ1) is 40.5. The number of ether oxygens (including phenoxy) is 3. The SMILES string of the molecule is CC(=O)OC1C(C)C(C)OC(Oc2c(-c3ccc(O[Si](c4ccccc4)(c4ccccc4)C(C)(C)C)cc3)oc3cc(O[Si](c4ccccc4)(c4ccccc4)C(C)(C)C)cc(C)c3c2=O)C1O[Si](c1ccccc1)(c1ccccc1)C(C)(C)C. The molecule has 0 saturated carbocycles. The molecular formula is C73H80O9Si3. The van der Waals surface area contributed by atoms with Crippen LogP contribution in [-0.2, 0) is 18.7 Å². The number of carbonyl (C=O) groups excluding carboxylic acids is 1. The van der Waals surface area contributed by atoms with Crippen molar-refractivity contribution in [3.63, 3.8) is 0 Å². The van der Waals surface area contributed by atoms with Gasteiger partial charge in [-0.25, -0.2) is 0 Å². The van der Waals surface area contributed by atoms with Gasteiger partial charge in [-0.2, -0.15) is 0 Å². The fourth-order valence-electron chi connectivity index (χ4n) is 12.9. The van der Waals surface area contributed by atoms with Crippen molar-refractivity contribution in [2.75, 3.05) is 0 Å². The van der Waals surface area contributed by atoms with E-state index in [-0.39, 0.29) is 27.5 Å². The maximum atomic E-state index is 16.1. The zero-order valence-electron chi connectivity index (χ0n) is 51.3. The van der Waals surface area contributed by atoms with E-state index in [0.29, 0.717) is 33.6 Å². The Morgan fingerprint density at radius 3 is 1.24 bits per heavy atom. The van der Waals surface area contributed by atoms with Gasteiger partial charge in [0.25, 0.3) is 8.32 Å². The molecule has 8 aromatic carbocycles. The zero-order valence-corrected chi connectivity index (χ0v) is 54.3. The number of rotatable bonds is 16. The first kappa shape index (κ1) is 60.5. The van der Waals surface area contributed by atoms with Crippen molar-refractivity contribution in [2.45, 2.75) is 130 Å². The number of benzene rings is 8. The Hall–Kier alpha value is -7.59. The lowest BCUT2D eigenvalue weighted by Crippen LogP contribution is -2.71. The Morgan fingerprint density at radius 1 is 0.482 bits per heavy atom. The summed E-state index contributed by atoms with van der Waals surface area (Å²) >= 11 is 0. The lowest BCUT2D eigenvalue weighted by Gasteiger charge is -2.50. The van der Waals surface area contributed by atoms with Crippen molar-refractivity contribution < 1.29 is 36.7 Å². The van der Waals surface area contributed by atoms with Gasteiger partial charge >= 0.3 is 22.6 Å². The number of hydrogen-bond donors (Lipinski definition) is 0. The molecule has 1 aliphatic heterocycles. The highest BCUT2D eigenvalue weighted by atomic mass is 28.4. The minimum Gasteiger partial charge on any atom is -0.534 e. The number of aryl methyl sites for hydroxylation is 1. The molecule has 85 heavy (non-hydrogen) atoms. The fraction of sp³-hybridized carbons (Fsp3) is 0.288. The summed E-state index contributed by atoms with van der Waals surface area (Å²) in [7, 11) is -9.66. The van der Waals surface area contributed by atoms with Gasteiger partial charge in [0.2, 0.25) is 17.5 Å². The van der Waals surface area contributed by atoms with Crippen LogP contribution in [0.4, 0.5) is 0 Å². The van der Waals surface area contributed by atoms with Gasteiger partial charge in [0.05, 0.1) is 11.5 Å². The van der Waals surface area contributed by atoms with Crippen molar-refractivity contribution in [3.8, 4) is 28.6 Å². The van der Waals surface area contributed by atoms with Gasteiger partial charge in [-0.3, -0.25) is 9.59 Å². The number of carbonyl (C=O) groups is 1. The molecule has 1 aliphatic rings. The third-order valence-corrected chi connectivity index (χ3v) is 32.0. The lowest BCUT2D eigenvalue weighted by molar-refractivity contribution is -0.252. The highest BCUT2D eigenvalue weighted by Crippen LogP contribution is 2.45. The van der Waals surface area contributed by atoms with Crippen LogP contribution in [-0.4, -0.2) is 55.5 Å². The summed E-state index contributed by atoms with van der Waals surface area (Å²) in [5, 5.41) is 5.67. The molecule has 1 saturated heterocycles. The molecule has 5 unspecified atom stereocenters. The van der Waals surface area contributed by atoms with E-state index >= 15 is 4.79 Å². The van der Waals surface area contributed by atoms with Gasteiger partial charge < -0.3 is 31.9 Å². The molecule has 12 heteroatoms. The predicted octanol–water partition coefficient (Wildman–Crippen LogP) is 13.3. The van der Waals surface area contributed by atoms with Gasteiger partial charge in [0.15, 0.2) is 5.76 Å². The van der Waals surface area contributed by atoms with Crippen molar-refractivity contribution in [3.05, 3.63) is 234 Å². The quantitative estimate of drug-likeness (QED) is 0.0691. The summed E-state index contributed by atoms with van der Waals surface area (Å²) in [6, 6.07) is 74.1. The van der Waals surface area contributed by atoms with Crippen molar-refractivity contribution in [1.29, 1.82) is 0 Å². The molecule has 0 aliphatic carbocycles. The Kier molecular flexibility index (Phi) is 17.1. The maximum absolute atomic E-state index is 16.1. The Balaban J connectivity index is 1.18. The van der Waals surface area contributed by atoms with Crippen LogP contribution in [0.15, 0.2) is 228 Å². The van der Waals surface area contributed by atoms with E-state index < -0.39 is 66.0 Å². The zero-order chi connectivity index (χ0) is 60.5. The van der Waals surface area contributed by atoms with E-state index in [0.717, 1.165) is 31.1 Å². The molecule has 0 amide bonds. The molecule has 0 radical (unpaired) electrons. The van der Waals surface area contributed by atoms with E-state index in [1.54, 1.807) is 0 Å². The number of hydrogen-bond acceptors (Lipinski definition) is 9. The lowest BCUT2D eigenvalue weighted by atomic mass is 9.91. The van der Waals surface area contributed by atoms with E-state index in [4.69, 9.17) is 31.9 Å². The molecule has 5 atom stereocenters. The van der Waals surface area contributed by atoms with Gasteiger partial charge in [-0.05, 0) is 96.0 Å². The highest BCUT2D eigenvalue weighted by Gasteiger charge is 2.58. The molecule has 2 heterocycles. The van der Waals surface area contributed by atoms with Crippen LogP contribution in [0.5, 0.6) is 17.2 Å². The average Bonchev–Trinajstić information content (AvgIpc) is 1.01. The summed E-state index contributed by atoms with van der Waals surface area (Å²) in [4.78, 5) is 29.5. The summed E-state index contributed by atoms with van der Waals surface area (Å²) < 4.78 is 50.9. The average molecular weight is 1190 g/mol. The second-order valence-electron chi connectivity index (χ2n) is 25.8. The first-order valence-corrected chi connectivity index (χ1v) is 35.3. The number of esters is 1. The summed E-state index contributed by atoms with van der Waals surface area (Å²) in [5.41, 5.74) is 1.09. The minimum absolute atomic E-state index is 0.0821. The Labute approximate surface area is 505 Å². The van der Waals surface area contributed by atoms with Crippen LogP contribution in [0.2, 0.25) is 15.1 Å². The standard InChI is InChI=1S/C73H80O9Si3/c1-50-48-56(81-84(72(8,9)10,59-36-24-16-25-37-59)60-38-26-17-27-39-60)49-63-64(50)65(75)68(67(78-63)54-44-46-55(47-45-54)80-83(71(5,6)7,57-32-20-14-21-33-57)58-34-22-15-23-35-58)79-70-69(66(77-53(4)74)51(2)52(3)76-70)82-85(73(11,12)13,61-40-28-18-29-41-61)62-42-30-19-31-43-62/h14-49,51-52,66,69-70H,1-13H3.